The third-order valence-corrected chi connectivity index (χ3v) is 3.52. The Morgan fingerprint density at radius 3 is 2.80 bits per heavy atom. The number of aryl methyl sites for hydroxylation is 1. The quantitative estimate of drug-likeness (QED) is 0.879. The number of halogens is 1. The predicted molar refractivity (Wildman–Crippen MR) is 84.5 cm³/mol. The summed E-state index contributed by atoms with van der Waals surface area (Å²) in [7, 11) is 1.88. The Bertz CT molecular complexity index is 591. The summed E-state index contributed by atoms with van der Waals surface area (Å²) in [5.41, 5.74) is 2.14. The van der Waals surface area contributed by atoms with Gasteiger partial charge in [0.05, 0.1) is 12.3 Å². The SMILES string of the molecule is Cc1ccc(Nc2cc(N(C)CCO)ncn2)c(Br)c1. The standard InChI is InChI=1S/C14H17BrN4O/c1-10-3-4-12(11(15)7-10)18-13-8-14(17-9-16-13)19(2)5-6-20/h3-4,7-9,20H,5-6H2,1-2H3,(H,16,17,18). The van der Waals surface area contributed by atoms with E-state index in [4.69, 9.17) is 5.11 Å². The average Bonchev–Trinajstić information content (AvgIpc) is 2.43. The van der Waals surface area contributed by atoms with Crippen LogP contribution in [0.2, 0.25) is 0 Å². The number of hydrogen-bond acceptors (Lipinski definition) is 5. The van der Waals surface area contributed by atoms with Crippen LogP contribution in [0.4, 0.5) is 17.3 Å². The van der Waals surface area contributed by atoms with Crippen LogP contribution in [0.3, 0.4) is 0 Å². The molecule has 2 rings (SSSR count). The predicted octanol–water partition coefficient (Wildman–Crippen LogP) is 2.72. The molecule has 0 amide bonds. The minimum Gasteiger partial charge on any atom is -0.395 e. The Labute approximate surface area is 126 Å². The number of nitrogens with one attached hydrogen (secondary N) is 1. The highest BCUT2D eigenvalue weighted by atomic mass is 79.9. The Balaban J connectivity index is 2.19. The topological polar surface area (TPSA) is 61.3 Å². The molecule has 20 heavy (non-hydrogen) atoms. The smallest absolute Gasteiger partial charge is 0.135 e. The van der Waals surface area contributed by atoms with Crippen molar-refractivity contribution < 1.29 is 5.11 Å². The average molecular weight is 337 g/mol. The van der Waals surface area contributed by atoms with Gasteiger partial charge in [0.25, 0.3) is 0 Å². The van der Waals surface area contributed by atoms with Gasteiger partial charge in [0.15, 0.2) is 0 Å². The van der Waals surface area contributed by atoms with Gasteiger partial charge >= 0.3 is 0 Å². The highest BCUT2D eigenvalue weighted by molar-refractivity contribution is 9.10. The molecular formula is C14H17BrN4O. The summed E-state index contributed by atoms with van der Waals surface area (Å²) in [4.78, 5) is 10.3. The maximum Gasteiger partial charge on any atom is 0.135 e. The van der Waals surface area contributed by atoms with Gasteiger partial charge in [-0.15, -0.1) is 0 Å². The molecule has 0 aliphatic carbocycles. The summed E-state index contributed by atoms with van der Waals surface area (Å²) in [5.74, 6) is 1.48. The fourth-order valence-corrected chi connectivity index (χ4v) is 2.34. The molecule has 1 aromatic carbocycles. The molecule has 0 unspecified atom stereocenters. The molecule has 0 fully saturated rings. The van der Waals surface area contributed by atoms with Crippen molar-refractivity contribution in [2.75, 3.05) is 30.4 Å². The first-order chi connectivity index (χ1) is 9.60. The van der Waals surface area contributed by atoms with E-state index in [0.29, 0.717) is 12.4 Å². The van der Waals surface area contributed by atoms with E-state index in [0.717, 1.165) is 16.0 Å². The molecule has 0 bridgehead atoms. The van der Waals surface area contributed by atoms with Crippen LogP contribution in [0, 0.1) is 6.92 Å². The molecule has 0 saturated carbocycles. The van der Waals surface area contributed by atoms with Gasteiger partial charge in [-0.2, -0.15) is 0 Å². The molecule has 2 N–H and O–H groups in total. The van der Waals surface area contributed by atoms with Crippen LogP contribution < -0.4 is 10.2 Å². The number of aliphatic hydroxyl groups is 1. The van der Waals surface area contributed by atoms with Crippen molar-refractivity contribution in [2.24, 2.45) is 0 Å². The molecule has 0 aliphatic heterocycles. The van der Waals surface area contributed by atoms with Crippen LogP contribution in [-0.4, -0.2) is 35.3 Å². The molecule has 106 valence electrons. The lowest BCUT2D eigenvalue weighted by atomic mass is 10.2. The van der Waals surface area contributed by atoms with Crippen LogP contribution in [0.1, 0.15) is 5.56 Å². The lowest BCUT2D eigenvalue weighted by Crippen LogP contribution is -2.22. The summed E-state index contributed by atoms with van der Waals surface area (Å²) < 4.78 is 0.987. The number of nitrogens with zero attached hydrogens (tertiary/aromatic N) is 3. The second kappa shape index (κ2) is 6.67. The summed E-state index contributed by atoms with van der Waals surface area (Å²) in [6.07, 6.45) is 1.51. The molecule has 0 saturated heterocycles. The highest BCUT2D eigenvalue weighted by Crippen LogP contribution is 2.26. The number of rotatable bonds is 5. The number of hydrogen-bond donors (Lipinski definition) is 2. The van der Waals surface area contributed by atoms with Gasteiger partial charge in [-0.1, -0.05) is 6.07 Å². The molecule has 0 spiro atoms. The van der Waals surface area contributed by atoms with Gasteiger partial charge in [-0.3, -0.25) is 0 Å². The van der Waals surface area contributed by atoms with Crippen molar-refractivity contribution in [2.45, 2.75) is 6.92 Å². The third-order valence-electron chi connectivity index (χ3n) is 2.87. The molecular weight excluding hydrogens is 320 g/mol. The Hall–Kier alpha value is -1.66. The van der Waals surface area contributed by atoms with E-state index in [1.54, 1.807) is 0 Å². The number of benzene rings is 1. The van der Waals surface area contributed by atoms with E-state index < -0.39 is 0 Å². The molecule has 5 nitrogen and oxygen atoms in total. The number of aliphatic hydroxyl groups excluding tert-OH is 1. The molecule has 1 heterocycles. The van der Waals surface area contributed by atoms with Crippen LogP contribution in [0.15, 0.2) is 35.1 Å². The summed E-state index contributed by atoms with van der Waals surface area (Å²) in [6, 6.07) is 7.93. The van der Waals surface area contributed by atoms with Gasteiger partial charge in [0, 0.05) is 24.1 Å². The second-order valence-corrected chi connectivity index (χ2v) is 5.37. The maximum atomic E-state index is 8.96. The lowest BCUT2D eigenvalue weighted by Gasteiger charge is -2.17. The van der Waals surface area contributed by atoms with E-state index in [1.165, 1.54) is 11.9 Å². The lowest BCUT2D eigenvalue weighted by molar-refractivity contribution is 0.304. The number of likely N-dealkylation sites (N-methyl/N-ethyl adjacent to an activating group) is 1. The number of anilines is 3. The third kappa shape index (κ3) is 3.68. The summed E-state index contributed by atoms with van der Waals surface area (Å²) in [5, 5.41) is 12.2. The van der Waals surface area contributed by atoms with Gasteiger partial charge < -0.3 is 15.3 Å². The van der Waals surface area contributed by atoms with Crippen molar-refractivity contribution in [1.29, 1.82) is 0 Å². The Morgan fingerprint density at radius 1 is 1.30 bits per heavy atom. The minimum absolute atomic E-state index is 0.0901. The first-order valence-corrected chi connectivity index (χ1v) is 7.06. The Kier molecular flexibility index (Phi) is 4.92. The van der Waals surface area contributed by atoms with E-state index in [1.807, 2.05) is 43.1 Å². The molecule has 0 radical (unpaired) electrons. The fraction of sp³-hybridized carbons (Fsp3) is 0.286. The monoisotopic (exact) mass is 336 g/mol. The van der Waals surface area contributed by atoms with Crippen molar-refractivity contribution in [3.05, 3.63) is 40.6 Å². The fourth-order valence-electron chi connectivity index (χ4n) is 1.75. The molecule has 6 heteroatoms. The summed E-state index contributed by atoms with van der Waals surface area (Å²) in [6.45, 7) is 2.67. The van der Waals surface area contributed by atoms with Crippen molar-refractivity contribution in [3.8, 4) is 0 Å². The zero-order valence-corrected chi connectivity index (χ0v) is 13.1. The van der Waals surface area contributed by atoms with Crippen molar-refractivity contribution >= 4 is 33.3 Å². The summed E-state index contributed by atoms with van der Waals surface area (Å²) >= 11 is 3.53. The van der Waals surface area contributed by atoms with Crippen LogP contribution >= 0.6 is 15.9 Å². The minimum atomic E-state index is 0.0901. The van der Waals surface area contributed by atoms with Crippen LogP contribution in [-0.2, 0) is 0 Å². The van der Waals surface area contributed by atoms with Gasteiger partial charge in [0.2, 0.25) is 0 Å². The van der Waals surface area contributed by atoms with E-state index in [9.17, 15) is 0 Å². The molecule has 2 aromatic rings. The first-order valence-electron chi connectivity index (χ1n) is 6.27. The molecule has 0 aliphatic rings. The van der Waals surface area contributed by atoms with E-state index in [-0.39, 0.29) is 6.61 Å². The van der Waals surface area contributed by atoms with Crippen LogP contribution in [0.25, 0.3) is 0 Å². The zero-order chi connectivity index (χ0) is 14.5. The second-order valence-electron chi connectivity index (χ2n) is 4.51. The largest absolute Gasteiger partial charge is 0.395 e. The van der Waals surface area contributed by atoms with Gasteiger partial charge in [-0.05, 0) is 40.5 Å². The van der Waals surface area contributed by atoms with Crippen molar-refractivity contribution in [1.82, 2.24) is 9.97 Å². The number of aromatic nitrogens is 2. The maximum absolute atomic E-state index is 8.96. The Morgan fingerprint density at radius 2 is 2.10 bits per heavy atom. The normalized spacial score (nSPS) is 10.4. The van der Waals surface area contributed by atoms with Gasteiger partial charge in [0.1, 0.15) is 18.0 Å². The van der Waals surface area contributed by atoms with Gasteiger partial charge in [-0.25, -0.2) is 9.97 Å². The highest BCUT2D eigenvalue weighted by Gasteiger charge is 2.06. The van der Waals surface area contributed by atoms with Crippen molar-refractivity contribution in [3.63, 3.8) is 0 Å². The molecule has 0 atom stereocenters. The zero-order valence-electron chi connectivity index (χ0n) is 11.5. The van der Waals surface area contributed by atoms with E-state index >= 15 is 0 Å². The van der Waals surface area contributed by atoms with E-state index in [2.05, 4.69) is 31.2 Å². The van der Waals surface area contributed by atoms with Crippen LogP contribution in [0.5, 0.6) is 0 Å². The molecule has 1 aromatic heterocycles. The first kappa shape index (κ1) is 14.7.